The average molecular weight is 413 g/mol. The van der Waals surface area contributed by atoms with Crippen LogP contribution in [0.5, 0.6) is 0 Å². The number of ether oxygens (including phenoxy) is 4. The molecule has 0 unspecified atom stereocenters. The molecular weight excluding hydrogens is 376 g/mol. The molecule has 0 saturated carbocycles. The van der Waals surface area contributed by atoms with Gasteiger partial charge in [0.2, 0.25) is 0 Å². The maximum Gasteiger partial charge on any atom is 0.186 e. The molecule has 3 N–H and O–H groups in total. The van der Waals surface area contributed by atoms with Gasteiger partial charge in [-0.1, -0.05) is 56.0 Å². The van der Waals surface area contributed by atoms with E-state index in [0.717, 1.165) is 44.1 Å². The second kappa shape index (κ2) is 14.0. The molecule has 0 spiro atoms. The lowest BCUT2D eigenvalue weighted by Crippen LogP contribution is -2.60. The van der Waals surface area contributed by atoms with Crippen LogP contribution < -0.4 is 0 Å². The number of aliphatic hydroxyl groups is 3. The predicted molar refractivity (Wildman–Crippen MR) is 108 cm³/mol. The van der Waals surface area contributed by atoms with E-state index in [1.165, 1.54) is 7.11 Å². The van der Waals surface area contributed by atoms with Crippen LogP contribution in [0.25, 0.3) is 0 Å². The fourth-order valence-electron chi connectivity index (χ4n) is 3.43. The molecule has 0 radical (unpaired) electrons. The Balaban J connectivity index is 1.77. The van der Waals surface area contributed by atoms with Gasteiger partial charge >= 0.3 is 0 Å². The molecule has 166 valence electrons. The number of aliphatic hydroxyl groups excluding tert-OH is 3. The van der Waals surface area contributed by atoms with Crippen LogP contribution >= 0.6 is 0 Å². The van der Waals surface area contributed by atoms with E-state index in [4.69, 9.17) is 24.1 Å². The second-order valence-corrected chi connectivity index (χ2v) is 7.44. The minimum Gasteiger partial charge on any atom is -0.396 e. The first-order valence-corrected chi connectivity index (χ1v) is 10.6. The van der Waals surface area contributed by atoms with Gasteiger partial charge in [0.05, 0.1) is 13.2 Å². The molecule has 0 bridgehead atoms. The maximum atomic E-state index is 10.5. The first-order valence-electron chi connectivity index (χ1n) is 10.6. The third-order valence-electron chi connectivity index (χ3n) is 5.14. The summed E-state index contributed by atoms with van der Waals surface area (Å²) in [5, 5.41) is 29.5. The van der Waals surface area contributed by atoms with Gasteiger partial charge in [-0.25, -0.2) is 0 Å². The molecule has 1 heterocycles. The van der Waals surface area contributed by atoms with Crippen LogP contribution in [0.2, 0.25) is 0 Å². The highest BCUT2D eigenvalue weighted by Crippen LogP contribution is 2.25. The Bertz CT molecular complexity index is 527. The largest absolute Gasteiger partial charge is 0.396 e. The van der Waals surface area contributed by atoms with Crippen LogP contribution in [-0.4, -0.2) is 73.0 Å². The molecule has 0 aromatic heterocycles. The molecule has 1 saturated heterocycles. The first kappa shape index (κ1) is 24.2. The summed E-state index contributed by atoms with van der Waals surface area (Å²) in [5.41, 5.74) is 0.976. The van der Waals surface area contributed by atoms with Crippen LogP contribution in [0.3, 0.4) is 0 Å². The van der Waals surface area contributed by atoms with Gasteiger partial charge in [0.1, 0.15) is 24.4 Å². The summed E-state index contributed by atoms with van der Waals surface area (Å²) in [4.78, 5) is 0. The van der Waals surface area contributed by atoms with E-state index in [2.05, 4.69) is 0 Å². The Labute approximate surface area is 173 Å². The Morgan fingerprint density at radius 2 is 1.62 bits per heavy atom. The summed E-state index contributed by atoms with van der Waals surface area (Å²) in [6, 6.07) is 9.66. The smallest absolute Gasteiger partial charge is 0.186 e. The quantitative estimate of drug-likeness (QED) is 0.402. The minimum atomic E-state index is -1.18. The molecule has 1 aromatic carbocycles. The van der Waals surface area contributed by atoms with Crippen molar-refractivity contribution in [1.29, 1.82) is 0 Å². The van der Waals surface area contributed by atoms with Gasteiger partial charge in [-0.3, -0.25) is 0 Å². The monoisotopic (exact) mass is 412 g/mol. The van der Waals surface area contributed by atoms with Gasteiger partial charge in [0, 0.05) is 20.3 Å². The molecule has 1 aliphatic rings. The van der Waals surface area contributed by atoms with Crippen LogP contribution in [0.4, 0.5) is 0 Å². The molecule has 5 atom stereocenters. The lowest BCUT2D eigenvalue weighted by atomic mass is 9.99. The van der Waals surface area contributed by atoms with Crippen molar-refractivity contribution in [2.45, 2.75) is 75.8 Å². The Hall–Kier alpha value is -1.06. The third kappa shape index (κ3) is 8.30. The van der Waals surface area contributed by atoms with Crippen molar-refractivity contribution in [3.63, 3.8) is 0 Å². The summed E-state index contributed by atoms with van der Waals surface area (Å²) >= 11 is 0. The van der Waals surface area contributed by atoms with Crippen molar-refractivity contribution in [1.82, 2.24) is 0 Å². The van der Waals surface area contributed by atoms with Crippen molar-refractivity contribution < 1.29 is 34.3 Å². The fourth-order valence-corrected chi connectivity index (χ4v) is 3.43. The summed E-state index contributed by atoms with van der Waals surface area (Å²) in [6.45, 7) is 1.43. The van der Waals surface area contributed by atoms with Crippen LogP contribution in [0, 0.1) is 0 Å². The van der Waals surface area contributed by atoms with Crippen LogP contribution in [0.15, 0.2) is 30.3 Å². The van der Waals surface area contributed by atoms with E-state index >= 15 is 0 Å². The minimum absolute atomic E-state index is 0.258. The fraction of sp³-hybridized carbons (Fsp3) is 0.727. The first-order chi connectivity index (χ1) is 14.2. The van der Waals surface area contributed by atoms with E-state index in [9.17, 15) is 10.2 Å². The molecule has 29 heavy (non-hydrogen) atoms. The Morgan fingerprint density at radius 1 is 0.931 bits per heavy atom. The molecule has 7 heteroatoms. The molecule has 2 rings (SSSR count). The zero-order chi connectivity index (χ0) is 20.9. The number of benzene rings is 1. The zero-order valence-corrected chi connectivity index (χ0v) is 17.3. The summed E-state index contributed by atoms with van der Waals surface area (Å²) in [7, 11) is 1.43. The lowest BCUT2D eigenvalue weighted by molar-refractivity contribution is -0.304. The Kier molecular flexibility index (Phi) is 11.7. The van der Waals surface area contributed by atoms with E-state index < -0.39 is 30.7 Å². The highest BCUT2D eigenvalue weighted by Gasteiger charge is 2.45. The number of methoxy groups -OCH3 is 1. The predicted octanol–water partition coefficient (Wildman–Crippen LogP) is 2.01. The Morgan fingerprint density at radius 3 is 2.31 bits per heavy atom. The van der Waals surface area contributed by atoms with E-state index in [1.807, 2.05) is 30.3 Å². The normalized spacial score (nSPS) is 27.2. The maximum absolute atomic E-state index is 10.5. The molecule has 1 fully saturated rings. The standard InChI is InChI=1S/C22H36O7/c1-26-22-20(25)19(24)21(28-15-17-11-7-6-8-12-17)18(29-22)16-27-14-10-5-3-2-4-9-13-23/h6-8,11-12,18-25H,2-5,9-10,13-16H2,1H3/t18-,19-,20+,21-,22+/m1/s1. The van der Waals surface area contributed by atoms with E-state index in [0.29, 0.717) is 13.2 Å². The van der Waals surface area contributed by atoms with Gasteiger partial charge in [-0.05, 0) is 18.4 Å². The number of hydrogen-bond donors (Lipinski definition) is 3. The summed E-state index contributed by atoms with van der Waals surface area (Å²) in [5.74, 6) is 0. The van der Waals surface area contributed by atoms with E-state index in [-0.39, 0.29) is 13.2 Å². The molecule has 1 aromatic rings. The van der Waals surface area contributed by atoms with Crippen LogP contribution in [0.1, 0.15) is 44.1 Å². The van der Waals surface area contributed by atoms with Crippen molar-refractivity contribution in [3.05, 3.63) is 35.9 Å². The third-order valence-corrected chi connectivity index (χ3v) is 5.14. The second-order valence-electron chi connectivity index (χ2n) is 7.44. The highest BCUT2D eigenvalue weighted by atomic mass is 16.7. The van der Waals surface area contributed by atoms with Gasteiger partial charge < -0.3 is 34.3 Å². The van der Waals surface area contributed by atoms with Gasteiger partial charge in [-0.2, -0.15) is 0 Å². The number of unbranched alkanes of at least 4 members (excludes halogenated alkanes) is 5. The van der Waals surface area contributed by atoms with Gasteiger partial charge in [0.25, 0.3) is 0 Å². The lowest BCUT2D eigenvalue weighted by Gasteiger charge is -2.41. The van der Waals surface area contributed by atoms with Crippen molar-refractivity contribution in [2.75, 3.05) is 26.9 Å². The van der Waals surface area contributed by atoms with Gasteiger partial charge in [0.15, 0.2) is 6.29 Å². The zero-order valence-electron chi connectivity index (χ0n) is 17.3. The molecular formula is C22H36O7. The van der Waals surface area contributed by atoms with Gasteiger partial charge in [-0.15, -0.1) is 0 Å². The molecule has 0 aliphatic carbocycles. The molecule has 0 amide bonds. The SMILES string of the molecule is CO[C@H]1O[C@H](COCCCCCCCCO)[C@@H](OCc2ccccc2)[C@H](O)[C@@H]1O. The summed E-state index contributed by atoms with van der Waals surface area (Å²) in [6.07, 6.45) is 1.73. The number of rotatable bonds is 14. The highest BCUT2D eigenvalue weighted by molar-refractivity contribution is 5.13. The van der Waals surface area contributed by atoms with E-state index in [1.54, 1.807) is 0 Å². The van der Waals surface area contributed by atoms with Crippen LogP contribution in [-0.2, 0) is 25.6 Å². The van der Waals surface area contributed by atoms with Crippen molar-refractivity contribution in [3.8, 4) is 0 Å². The topological polar surface area (TPSA) is 97.6 Å². The van der Waals surface area contributed by atoms with Crippen molar-refractivity contribution in [2.24, 2.45) is 0 Å². The molecule has 1 aliphatic heterocycles. The number of hydrogen-bond acceptors (Lipinski definition) is 7. The summed E-state index contributed by atoms with van der Waals surface area (Å²) < 4.78 is 22.6. The molecule has 7 nitrogen and oxygen atoms in total. The van der Waals surface area contributed by atoms with Crippen molar-refractivity contribution >= 4 is 0 Å². The average Bonchev–Trinajstić information content (AvgIpc) is 2.75.